The lowest BCUT2D eigenvalue weighted by Gasteiger charge is -2.14. The Morgan fingerprint density at radius 3 is 0.727 bits per heavy atom. The maximum atomic E-state index is 6.40. The molecule has 9 rings (SSSR count). The molecule has 466 valence electrons. The molecule has 4 aromatic carbocycles. The number of fused-ring (bicyclic) bond motifs is 8. The van der Waals surface area contributed by atoms with Crippen LogP contribution in [0, 0.1) is 0 Å². The standard InChI is InChI=1S/C72H82Br4N4O8/c1-81-65-45-49(21-33-61(65)85-41-17-9-5-13-37-73)69-53-25-27-55(77-53)70(50-22-34-62(66(46-50)82-2)86-42-18-10-6-14-38-74)57-29-31-59(79-57)72(52-24-36-64(68(48-52)84-4)88-44-20-12-8-16-40-76)60-32-30-58(80-60)71(56-28-26-54(69)78-56)51-23-35-63(67(47-51)83-3)87-43-19-11-7-15-39-75/h21-36,45-48,77,80H,5-20,37-44H2,1-4H3. The molecular weight excluding hydrogens is 1370 g/mol. The van der Waals surface area contributed by atoms with E-state index >= 15 is 0 Å². The summed E-state index contributed by atoms with van der Waals surface area (Å²) in [4.78, 5) is 19.1. The van der Waals surface area contributed by atoms with Crippen molar-refractivity contribution in [3.63, 3.8) is 0 Å². The van der Waals surface area contributed by atoms with Crippen LogP contribution in [-0.4, -0.2) is 96.1 Å². The van der Waals surface area contributed by atoms with Gasteiger partial charge in [0.15, 0.2) is 46.0 Å². The summed E-state index contributed by atoms with van der Waals surface area (Å²) in [5.74, 6) is 5.28. The van der Waals surface area contributed by atoms with Crippen LogP contribution in [0.4, 0.5) is 0 Å². The lowest BCUT2D eigenvalue weighted by atomic mass is 10.0. The van der Waals surface area contributed by atoms with Crippen LogP contribution in [0.5, 0.6) is 46.0 Å². The molecule has 12 nitrogen and oxygen atoms in total. The number of nitrogens with one attached hydrogen (secondary N) is 2. The molecule has 8 bridgehead atoms. The fraction of sp³-hybridized carbons (Fsp3) is 0.389. The maximum Gasteiger partial charge on any atom is 0.161 e. The van der Waals surface area contributed by atoms with Gasteiger partial charge in [-0.05, 0) is 171 Å². The highest BCUT2D eigenvalue weighted by Crippen LogP contribution is 2.44. The van der Waals surface area contributed by atoms with E-state index in [9.17, 15) is 0 Å². The zero-order valence-electron chi connectivity index (χ0n) is 51.2. The summed E-state index contributed by atoms with van der Waals surface area (Å²) in [5, 5.41) is 4.03. The summed E-state index contributed by atoms with van der Waals surface area (Å²) in [6.45, 7) is 2.37. The Bertz CT molecular complexity index is 3190. The van der Waals surface area contributed by atoms with Crippen molar-refractivity contribution < 1.29 is 37.9 Å². The van der Waals surface area contributed by atoms with Crippen molar-refractivity contribution in [1.82, 2.24) is 19.9 Å². The van der Waals surface area contributed by atoms with Crippen molar-refractivity contribution in [3.8, 4) is 90.5 Å². The minimum atomic E-state index is 0.593. The minimum Gasteiger partial charge on any atom is -0.493 e. The number of ether oxygens (including phenoxy) is 8. The molecule has 7 aromatic rings. The molecule has 0 aliphatic carbocycles. The van der Waals surface area contributed by atoms with Gasteiger partial charge in [0.05, 0.1) is 77.6 Å². The first-order chi connectivity index (χ1) is 43.3. The zero-order chi connectivity index (χ0) is 61.5. The van der Waals surface area contributed by atoms with Crippen LogP contribution >= 0.6 is 63.7 Å². The third-order valence-corrected chi connectivity index (χ3v) is 17.9. The van der Waals surface area contributed by atoms with Crippen LogP contribution in [0.3, 0.4) is 0 Å². The number of H-pyrrole nitrogens is 2. The number of hydrogen-bond donors (Lipinski definition) is 2. The van der Waals surface area contributed by atoms with Gasteiger partial charge < -0.3 is 47.9 Å². The van der Waals surface area contributed by atoms with E-state index in [0.717, 1.165) is 213 Å². The second-order valence-electron chi connectivity index (χ2n) is 21.8. The molecule has 3 aromatic heterocycles. The van der Waals surface area contributed by atoms with Crippen molar-refractivity contribution >= 4 is 110 Å². The number of benzene rings is 4. The molecule has 0 spiro atoms. The molecule has 0 saturated heterocycles. The van der Waals surface area contributed by atoms with Crippen LogP contribution in [0.2, 0.25) is 0 Å². The van der Waals surface area contributed by atoms with Gasteiger partial charge in [0.2, 0.25) is 0 Å². The third-order valence-electron chi connectivity index (χ3n) is 15.7. The van der Waals surface area contributed by atoms with E-state index in [-0.39, 0.29) is 0 Å². The third kappa shape index (κ3) is 17.2. The van der Waals surface area contributed by atoms with Crippen LogP contribution in [0.1, 0.15) is 126 Å². The molecule has 0 atom stereocenters. The number of rotatable bonds is 36. The predicted molar refractivity (Wildman–Crippen MR) is 378 cm³/mol. The van der Waals surface area contributed by atoms with Gasteiger partial charge >= 0.3 is 0 Å². The SMILES string of the molecule is COc1cc(-c2c3nc(c(-c4ccc(OCCCCCCBr)c(OC)c4)c4ccc([nH]4)c(-c4ccc(OCCCCCCBr)c(OC)c4)c4nc(c(-c5ccc(OCCCCCCBr)c(OC)c5)c5ccc2[nH]5)C=C4)C=C3)ccc1OCCCCCCBr. The van der Waals surface area contributed by atoms with Crippen molar-refractivity contribution in [2.24, 2.45) is 0 Å². The van der Waals surface area contributed by atoms with Gasteiger partial charge in [0.1, 0.15) is 0 Å². The van der Waals surface area contributed by atoms with Crippen LogP contribution in [-0.2, 0) is 0 Å². The van der Waals surface area contributed by atoms with Crippen molar-refractivity contribution in [3.05, 3.63) is 120 Å². The lowest BCUT2D eigenvalue weighted by Crippen LogP contribution is -2.00. The lowest BCUT2D eigenvalue weighted by molar-refractivity contribution is 0.285. The van der Waals surface area contributed by atoms with E-state index in [1.807, 2.05) is 24.3 Å². The summed E-state index contributed by atoms with van der Waals surface area (Å²) in [6, 6.07) is 33.1. The van der Waals surface area contributed by atoms with Gasteiger partial charge in [-0.15, -0.1) is 0 Å². The number of nitrogens with zero attached hydrogens (tertiary/aromatic N) is 2. The van der Waals surface area contributed by atoms with E-state index in [0.29, 0.717) is 72.4 Å². The summed E-state index contributed by atoms with van der Waals surface area (Å²) in [5.41, 5.74) is 13.4. The number of aromatic nitrogens is 4. The van der Waals surface area contributed by atoms with Gasteiger partial charge in [-0.1, -0.05) is 139 Å². The Labute approximate surface area is 553 Å². The summed E-state index contributed by atoms with van der Waals surface area (Å²) in [7, 11) is 6.77. The normalized spacial score (nSPS) is 11.7. The highest BCUT2D eigenvalue weighted by molar-refractivity contribution is 9.09. The van der Waals surface area contributed by atoms with Crippen molar-refractivity contribution in [1.29, 1.82) is 0 Å². The predicted octanol–water partition coefficient (Wildman–Crippen LogP) is 20.7. The average molecular weight is 1450 g/mol. The minimum absolute atomic E-state index is 0.593. The molecule has 2 aliphatic heterocycles. The van der Waals surface area contributed by atoms with E-state index in [4.69, 9.17) is 47.9 Å². The largest absolute Gasteiger partial charge is 0.493 e. The molecule has 0 saturated carbocycles. The van der Waals surface area contributed by atoms with Gasteiger partial charge in [-0.25, -0.2) is 9.97 Å². The molecular formula is C72H82Br4N4O8. The number of aromatic amines is 2. The number of hydrogen-bond acceptors (Lipinski definition) is 10. The molecule has 16 heteroatoms. The molecule has 0 radical (unpaired) electrons. The van der Waals surface area contributed by atoms with Crippen LogP contribution in [0.25, 0.3) is 90.9 Å². The fourth-order valence-electron chi connectivity index (χ4n) is 11.1. The zero-order valence-corrected chi connectivity index (χ0v) is 57.5. The first kappa shape index (κ1) is 66.2. The van der Waals surface area contributed by atoms with Gasteiger partial charge in [-0.2, -0.15) is 0 Å². The summed E-state index contributed by atoms with van der Waals surface area (Å²) in [6.07, 6.45) is 25.7. The van der Waals surface area contributed by atoms with E-state index in [1.165, 1.54) is 0 Å². The topological polar surface area (TPSA) is 131 Å². The van der Waals surface area contributed by atoms with Crippen molar-refractivity contribution in [2.75, 3.05) is 76.2 Å². The maximum absolute atomic E-state index is 6.40. The van der Waals surface area contributed by atoms with E-state index in [2.05, 4.69) is 171 Å². The number of alkyl halides is 4. The van der Waals surface area contributed by atoms with Crippen LogP contribution in [0.15, 0.2) is 97.1 Å². The second-order valence-corrected chi connectivity index (χ2v) is 24.9. The smallest absolute Gasteiger partial charge is 0.161 e. The fourth-order valence-corrected chi connectivity index (χ4v) is 12.7. The molecule has 2 aliphatic rings. The Morgan fingerprint density at radius 1 is 0.284 bits per heavy atom. The quantitative estimate of drug-likeness (QED) is 0.0289. The molecule has 0 unspecified atom stereocenters. The monoisotopic (exact) mass is 1450 g/mol. The molecule has 0 amide bonds. The molecule has 2 N–H and O–H groups in total. The van der Waals surface area contributed by atoms with Crippen molar-refractivity contribution in [2.45, 2.75) is 103 Å². The number of unbranched alkanes of at least 4 members (excludes halogenated alkanes) is 12. The first-order valence-corrected chi connectivity index (χ1v) is 35.5. The Morgan fingerprint density at radius 2 is 0.511 bits per heavy atom. The van der Waals surface area contributed by atoms with E-state index in [1.54, 1.807) is 28.4 Å². The van der Waals surface area contributed by atoms with Gasteiger partial charge in [-0.3, -0.25) is 0 Å². The average Bonchev–Trinajstić information content (AvgIpc) is 3.90. The second kappa shape index (κ2) is 34.7. The molecule has 88 heavy (non-hydrogen) atoms. The Balaban J connectivity index is 1.28. The summed E-state index contributed by atoms with van der Waals surface area (Å²) >= 11 is 14.3. The molecule has 5 heterocycles. The van der Waals surface area contributed by atoms with E-state index < -0.39 is 0 Å². The number of methoxy groups -OCH3 is 4. The van der Waals surface area contributed by atoms with Crippen LogP contribution < -0.4 is 37.9 Å². The Kier molecular flexibility index (Phi) is 26.1. The Hall–Kier alpha value is -6.20. The van der Waals surface area contributed by atoms with Gasteiger partial charge in [0.25, 0.3) is 0 Å². The highest BCUT2D eigenvalue weighted by atomic mass is 79.9. The number of halogens is 4. The van der Waals surface area contributed by atoms with Gasteiger partial charge in [0, 0.05) is 65.6 Å². The summed E-state index contributed by atoms with van der Waals surface area (Å²) < 4.78 is 50.0. The molecule has 0 fully saturated rings. The highest BCUT2D eigenvalue weighted by Gasteiger charge is 2.23. The first-order valence-electron chi connectivity index (χ1n) is 31.0.